The fourth-order valence-corrected chi connectivity index (χ4v) is 4.15. The van der Waals surface area contributed by atoms with E-state index in [-0.39, 0.29) is 11.2 Å². The first kappa shape index (κ1) is 18.4. The van der Waals surface area contributed by atoms with Gasteiger partial charge in [-0.25, -0.2) is 0 Å². The molecular formula is C19H20N4OS2. The first-order valence-electron chi connectivity index (χ1n) is 8.26. The summed E-state index contributed by atoms with van der Waals surface area (Å²) in [6.45, 7) is 4.54. The van der Waals surface area contributed by atoms with Crippen molar-refractivity contribution in [2.45, 2.75) is 30.0 Å². The molecule has 0 fully saturated rings. The summed E-state index contributed by atoms with van der Waals surface area (Å²) in [4.78, 5) is 12.4. The highest BCUT2D eigenvalue weighted by Gasteiger charge is 2.17. The molecule has 1 aromatic heterocycles. The molecule has 0 bridgehead atoms. The zero-order valence-electron chi connectivity index (χ0n) is 14.6. The predicted octanol–water partition coefficient (Wildman–Crippen LogP) is 4.58. The number of carbonyl (C=O) groups excluding carboxylic acids is 1. The van der Waals surface area contributed by atoms with Crippen LogP contribution in [0.2, 0.25) is 0 Å². The summed E-state index contributed by atoms with van der Waals surface area (Å²) in [7, 11) is 0. The summed E-state index contributed by atoms with van der Waals surface area (Å²) in [6.07, 6.45) is 0. The maximum Gasteiger partial charge on any atom is 0.237 e. The zero-order valence-corrected chi connectivity index (χ0v) is 16.2. The molecule has 0 saturated heterocycles. The van der Waals surface area contributed by atoms with Gasteiger partial charge in [0.25, 0.3) is 0 Å². The zero-order chi connectivity index (χ0) is 18.4. The molecule has 1 atom stereocenters. The number of nitrogens with zero attached hydrogens (tertiary/aromatic N) is 2. The molecular weight excluding hydrogens is 364 g/mol. The second-order valence-electron chi connectivity index (χ2n) is 5.78. The van der Waals surface area contributed by atoms with Crippen LogP contribution in [0.4, 0.5) is 10.8 Å². The topological polar surface area (TPSA) is 66.9 Å². The van der Waals surface area contributed by atoms with Crippen molar-refractivity contribution in [1.82, 2.24) is 10.2 Å². The maximum absolute atomic E-state index is 12.4. The van der Waals surface area contributed by atoms with E-state index < -0.39 is 0 Å². The lowest BCUT2D eigenvalue weighted by atomic mass is 10.2. The van der Waals surface area contributed by atoms with E-state index in [1.807, 2.05) is 56.3 Å². The Morgan fingerprint density at radius 3 is 2.62 bits per heavy atom. The van der Waals surface area contributed by atoms with E-state index in [2.05, 4.69) is 33.0 Å². The Bertz CT molecular complexity index is 867. The van der Waals surface area contributed by atoms with Crippen LogP contribution >= 0.6 is 23.1 Å². The van der Waals surface area contributed by atoms with Gasteiger partial charge in [0.05, 0.1) is 5.25 Å². The molecule has 0 aliphatic carbocycles. The monoisotopic (exact) mass is 384 g/mol. The lowest BCUT2D eigenvalue weighted by Gasteiger charge is -2.11. The van der Waals surface area contributed by atoms with Gasteiger partial charge in [-0.05, 0) is 31.0 Å². The van der Waals surface area contributed by atoms with Gasteiger partial charge in [0.2, 0.25) is 11.0 Å². The summed E-state index contributed by atoms with van der Waals surface area (Å²) >= 11 is 2.87. The number of aromatic nitrogens is 2. The van der Waals surface area contributed by atoms with Crippen LogP contribution in [0.1, 0.15) is 18.1 Å². The Labute approximate surface area is 161 Å². The molecule has 0 aliphatic heterocycles. The van der Waals surface area contributed by atoms with Gasteiger partial charge in [0.15, 0.2) is 4.34 Å². The Balaban J connectivity index is 1.53. The van der Waals surface area contributed by atoms with Crippen molar-refractivity contribution in [1.29, 1.82) is 0 Å². The Morgan fingerprint density at radius 2 is 1.85 bits per heavy atom. The number of aryl methyl sites for hydroxylation is 1. The average Bonchev–Trinajstić information content (AvgIpc) is 3.10. The van der Waals surface area contributed by atoms with Gasteiger partial charge in [0, 0.05) is 12.2 Å². The highest BCUT2D eigenvalue weighted by atomic mass is 32.2. The molecule has 26 heavy (non-hydrogen) atoms. The van der Waals surface area contributed by atoms with Gasteiger partial charge in [0.1, 0.15) is 0 Å². The smallest absolute Gasteiger partial charge is 0.237 e. The van der Waals surface area contributed by atoms with E-state index in [0.29, 0.717) is 6.54 Å². The van der Waals surface area contributed by atoms with Crippen molar-refractivity contribution < 1.29 is 4.79 Å². The number of carbonyl (C=O) groups is 1. The molecule has 2 aromatic carbocycles. The molecule has 3 rings (SSSR count). The molecule has 1 heterocycles. The van der Waals surface area contributed by atoms with E-state index in [0.717, 1.165) is 20.7 Å². The second kappa shape index (κ2) is 8.82. The van der Waals surface area contributed by atoms with Crippen molar-refractivity contribution in [3.05, 3.63) is 65.7 Å². The number of hydrogen-bond donors (Lipinski definition) is 2. The van der Waals surface area contributed by atoms with Crippen LogP contribution in [0.15, 0.2) is 58.9 Å². The minimum atomic E-state index is -0.260. The van der Waals surface area contributed by atoms with Crippen molar-refractivity contribution in [2.24, 2.45) is 0 Å². The van der Waals surface area contributed by atoms with Gasteiger partial charge in [-0.3, -0.25) is 4.79 Å². The third-order valence-electron chi connectivity index (χ3n) is 3.74. The first-order chi connectivity index (χ1) is 12.6. The number of benzene rings is 2. The molecule has 2 N–H and O–H groups in total. The van der Waals surface area contributed by atoms with Gasteiger partial charge in [-0.2, -0.15) is 0 Å². The van der Waals surface area contributed by atoms with E-state index >= 15 is 0 Å². The summed E-state index contributed by atoms with van der Waals surface area (Å²) in [5.41, 5.74) is 3.07. The molecule has 1 unspecified atom stereocenters. The minimum absolute atomic E-state index is 0.0432. The Hall–Kier alpha value is -2.38. The summed E-state index contributed by atoms with van der Waals surface area (Å²) in [5.74, 6) is -0.0432. The van der Waals surface area contributed by atoms with Crippen LogP contribution in [0.5, 0.6) is 0 Å². The van der Waals surface area contributed by atoms with Crippen LogP contribution in [-0.4, -0.2) is 21.4 Å². The van der Waals surface area contributed by atoms with Gasteiger partial charge < -0.3 is 10.6 Å². The molecule has 7 heteroatoms. The molecule has 0 radical (unpaired) electrons. The highest BCUT2D eigenvalue weighted by molar-refractivity contribution is 8.02. The summed E-state index contributed by atoms with van der Waals surface area (Å²) in [5, 5.41) is 15.0. The number of para-hydroxylation sites is 1. The number of hydrogen-bond acceptors (Lipinski definition) is 6. The molecule has 0 aliphatic rings. The average molecular weight is 385 g/mol. The number of rotatable bonds is 7. The number of thioether (sulfide) groups is 1. The summed E-state index contributed by atoms with van der Waals surface area (Å²) in [6, 6.07) is 17.9. The lowest BCUT2D eigenvalue weighted by Crippen LogP contribution is -2.22. The summed E-state index contributed by atoms with van der Waals surface area (Å²) < 4.78 is 0.771. The van der Waals surface area contributed by atoms with Crippen LogP contribution in [0.3, 0.4) is 0 Å². The fraction of sp³-hybridized carbons (Fsp3) is 0.211. The van der Waals surface area contributed by atoms with Crippen LogP contribution in [0.25, 0.3) is 0 Å². The standard InChI is InChI=1S/C19H20N4OS2/c1-13-8-6-7-11-16(13)21-17(24)14(2)25-19-23-22-18(26-19)20-12-15-9-4-3-5-10-15/h3-11,14H,12H2,1-2H3,(H,20,22)(H,21,24). The Morgan fingerprint density at radius 1 is 1.12 bits per heavy atom. The predicted molar refractivity (Wildman–Crippen MR) is 109 cm³/mol. The van der Waals surface area contributed by atoms with Gasteiger partial charge >= 0.3 is 0 Å². The number of nitrogens with one attached hydrogen (secondary N) is 2. The van der Waals surface area contributed by atoms with Crippen LogP contribution < -0.4 is 10.6 Å². The number of anilines is 2. The quantitative estimate of drug-likeness (QED) is 0.584. The molecule has 1 amide bonds. The maximum atomic E-state index is 12.4. The lowest BCUT2D eigenvalue weighted by molar-refractivity contribution is -0.115. The minimum Gasteiger partial charge on any atom is -0.356 e. The largest absolute Gasteiger partial charge is 0.356 e. The van der Waals surface area contributed by atoms with Gasteiger partial charge in [-0.15, -0.1) is 10.2 Å². The Kier molecular flexibility index (Phi) is 6.25. The van der Waals surface area contributed by atoms with E-state index in [1.54, 1.807) is 0 Å². The third kappa shape index (κ3) is 5.06. The van der Waals surface area contributed by atoms with Crippen LogP contribution in [-0.2, 0) is 11.3 Å². The van der Waals surface area contributed by atoms with Crippen molar-refractivity contribution >= 4 is 39.8 Å². The highest BCUT2D eigenvalue weighted by Crippen LogP contribution is 2.29. The number of amides is 1. The molecule has 0 spiro atoms. The van der Waals surface area contributed by atoms with E-state index in [9.17, 15) is 4.79 Å². The van der Waals surface area contributed by atoms with Gasteiger partial charge in [-0.1, -0.05) is 71.6 Å². The first-order valence-corrected chi connectivity index (χ1v) is 9.96. The third-order valence-corrected chi connectivity index (χ3v) is 5.81. The molecule has 3 aromatic rings. The van der Waals surface area contributed by atoms with E-state index in [1.165, 1.54) is 28.7 Å². The van der Waals surface area contributed by atoms with Crippen molar-refractivity contribution in [2.75, 3.05) is 10.6 Å². The fourth-order valence-electron chi connectivity index (χ4n) is 2.25. The van der Waals surface area contributed by atoms with Crippen LogP contribution in [0, 0.1) is 6.92 Å². The SMILES string of the molecule is Cc1ccccc1NC(=O)C(C)Sc1nnc(NCc2ccccc2)s1. The molecule has 134 valence electrons. The normalized spacial score (nSPS) is 11.8. The molecule has 0 saturated carbocycles. The molecule has 5 nitrogen and oxygen atoms in total. The second-order valence-corrected chi connectivity index (χ2v) is 8.34. The van der Waals surface area contributed by atoms with Crippen molar-refractivity contribution in [3.8, 4) is 0 Å². The van der Waals surface area contributed by atoms with Crippen molar-refractivity contribution in [3.63, 3.8) is 0 Å². The van der Waals surface area contributed by atoms with E-state index in [4.69, 9.17) is 0 Å².